The van der Waals surface area contributed by atoms with Gasteiger partial charge in [0.15, 0.2) is 0 Å². The Bertz CT molecular complexity index is 773. The van der Waals surface area contributed by atoms with Crippen LogP contribution in [0.15, 0.2) is 30.9 Å². The molecular formula is C22H30ClNO5. The SMILES string of the molecule is C=CCOC(=O)N1[C@H](C(=O)OCC)[C@@H](C(C)(C)C)[C@H](O)[C@@H]1c1cc(Cl)ccc1C. The molecule has 0 spiro atoms. The number of halogens is 1. The average Bonchev–Trinajstić information content (AvgIpc) is 2.95. The van der Waals surface area contributed by atoms with Gasteiger partial charge in [0, 0.05) is 10.9 Å². The Morgan fingerprint density at radius 2 is 1.97 bits per heavy atom. The fraction of sp³-hybridized carbons (Fsp3) is 0.545. The lowest BCUT2D eigenvalue weighted by Crippen LogP contribution is -2.48. The highest BCUT2D eigenvalue weighted by Crippen LogP contribution is 2.49. The van der Waals surface area contributed by atoms with Crippen molar-refractivity contribution in [3.05, 3.63) is 47.0 Å². The number of hydrogen-bond acceptors (Lipinski definition) is 5. The van der Waals surface area contributed by atoms with Crippen LogP contribution in [-0.2, 0) is 14.3 Å². The second-order valence-electron chi connectivity index (χ2n) is 8.30. The lowest BCUT2D eigenvalue weighted by atomic mass is 9.73. The molecule has 4 atom stereocenters. The molecule has 0 radical (unpaired) electrons. The number of hydrogen-bond donors (Lipinski definition) is 1. The summed E-state index contributed by atoms with van der Waals surface area (Å²) in [6.45, 7) is 13.1. The molecule has 0 bridgehead atoms. The molecule has 0 unspecified atom stereocenters. The minimum atomic E-state index is -1.02. The van der Waals surface area contributed by atoms with Crippen molar-refractivity contribution in [3.8, 4) is 0 Å². The minimum absolute atomic E-state index is 0.0115. The maximum Gasteiger partial charge on any atom is 0.411 e. The smallest absolute Gasteiger partial charge is 0.411 e. The number of amides is 1. The van der Waals surface area contributed by atoms with E-state index in [9.17, 15) is 14.7 Å². The van der Waals surface area contributed by atoms with E-state index in [-0.39, 0.29) is 13.2 Å². The fourth-order valence-corrected chi connectivity index (χ4v) is 4.24. The van der Waals surface area contributed by atoms with Gasteiger partial charge in [-0.1, -0.05) is 51.1 Å². The lowest BCUT2D eigenvalue weighted by Gasteiger charge is -2.34. The molecule has 29 heavy (non-hydrogen) atoms. The maximum atomic E-state index is 13.0. The van der Waals surface area contributed by atoms with Gasteiger partial charge in [-0.2, -0.15) is 0 Å². The predicted molar refractivity (Wildman–Crippen MR) is 112 cm³/mol. The highest BCUT2D eigenvalue weighted by Gasteiger charge is 2.58. The van der Waals surface area contributed by atoms with E-state index in [1.54, 1.807) is 19.1 Å². The highest BCUT2D eigenvalue weighted by atomic mass is 35.5. The number of benzene rings is 1. The van der Waals surface area contributed by atoms with Gasteiger partial charge in [0.05, 0.1) is 18.8 Å². The topological polar surface area (TPSA) is 76.1 Å². The molecule has 1 aromatic rings. The summed E-state index contributed by atoms with van der Waals surface area (Å²) in [5.41, 5.74) is 1.02. The molecule has 1 fully saturated rings. The third-order valence-electron chi connectivity index (χ3n) is 5.25. The van der Waals surface area contributed by atoms with E-state index < -0.39 is 41.6 Å². The van der Waals surface area contributed by atoms with E-state index in [0.29, 0.717) is 10.6 Å². The minimum Gasteiger partial charge on any atom is -0.464 e. The van der Waals surface area contributed by atoms with Crippen molar-refractivity contribution in [2.75, 3.05) is 13.2 Å². The number of esters is 1. The van der Waals surface area contributed by atoms with E-state index in [1.807, 2.05) is 33.8 Å². The van der Waals surface area contributed by atoms with Crippen LogP contribution in [0.5, 0.6) is 0 Å². The van der Waals surface area contributed by atoms with Crippen molar-refractivity contribution in [1.82, 2.24) is 4.90 Å². The molecule has 1 N–H and O–H groups in total. The molecule has 1 heterocycles. The Labute approximate surface area is 177 Å². The number of nitrogens with zero attached hydrogens (tertiary/aromatic N) is 1. The van der Waals surface area contributed by atoms with Crippen molar-refractivity contribution < 1.29 is 24.2 Å². The van der Waals surface area contributed by atoms with Crippen molar-refractivity contribution in [3.63, 3.8) is 0 Å². The molecule has 0 saturated carbocycles. The van der Waals surface area contributed by atoms with E-state index in [2.05, 4.69) is 6.58 Å². The molecule has 1 aromatic carbocycles. The first-order chi connectivity index (χ1) is 13.5. The van der Waals surface area contributed by atoms with E-state index in [0.717, 1.165) is 5.56 Å². The van der Waals surface area contributed by atoms with E-state index in [1.165, 1.54) is 11.0 Å². The molecule has 0 aromatic heterocycles. The van der Waals surface area contributed by atoms with Gasteiger partial charge in [-0.25, -0.2) is 9.59 Å². The lowest BCUT2D eigenvalue weighted by molar-refractivity contribution is -0.151. The first-order valence-corrected chi connectivity index (χ1v) is 10.1. The van der Waals surface area contributed by atoms with Gasteiger partial charge in [0.25, 0.3) is 0 Å². The quantitative estimate of drug-likeness (QED) is 0.565. The Balaban J connectivity index is 2.67. The van der Waals surface area contributed by atoms with Gasteiger partial charge < -0.3 is 14.6 Å². The molecule has 6 nitrogen and oxygen atoms in total. The number of aryl methyl sites for hydroxylation is 1. The molecule has 2 rings (SSSR count). The van der Waals surface area contributed by atoms with Crippen LogP contribution >= 0.6 is 11.6 Å². The fourth-order valence-electron chi connectivity index (χ4n) is 4.06. The zero-order chi connectivity index (χ0) is 21.9. The summed E-state index contributed by atoms with van der Waals surface area (Å²) in [7, 11) is 0. The third-order valence-corrected chi connectivity index (χ3v) is 5.49. The number of carbonyl (C=O) groups is 2. The van der Waals surface area contributed by atoms with E-state index in [4.69, 9.17) is 21.1 Å². The first-order valence-electron chi connectivity index (χ1n) is 9.71. The highest BCUT2D eigenvalue weighted by molar-refractivity contribution is 6.30. The molecular weight excluding hydrogens is 394 g/mol. The van der Waals surface area contributed by atoms with E-state index >= 15 is 0 Å². The van der Waals surface area contributed by atoms with Gasteiger partial charge in [-0.3, -0.25) is 4.90 Å². The summed E-state index contributed by atoms with van der Waals surface area (Å²) < 4.78 is 10.6. The third kappa shape index (κ3) is 4.75. The molecule has 1 saturated heterocycles. The number of ether oxygens (including phenoxy) is 2. The standard InChI is InChI=1S/C22H30ClNO5/c1-7-11-29-21(27)24-17(15-12-14(23)10-9-13(15)3)19(25)16(22(4,5)6)18(24)20(26)28-8-2/h7,9-10,12,16-19,25H,1,8,11H2,2-6H3/t16-,17+,18+,19+/m1/s1. The van der Waals surface area contributed by atoms with Crippen molar-refractivity contribution in [1.29, 1.82) is 0 Å². The Kier molecular flexibility index (Phi) is 7.35. The normalized spacial score (nSPS) is 24.3. The van der Waals surface area contributed by atoms with Gasteiger partial charge in [-0.05, 0) is 42.5 Å². The maximum absolute atomic E-state index is 13.0. The number of likely N-dealkylation sites (tertiary alicyclic amines) is 1. The number of carbonyl (C=O) groups excluding carboxylic acids is 2. The molecule has 1 amide bonds. The van der Waals surface area contributed by atoms with Crippen LogP contribution in [0.4, 0.5) is 4.79 Å². The Hall–Kier alpha value is -2.05. The van der Waals surface area contributed by atoms with Crippen molar-refractivity contribution in [2.45, 2.75) is 52.8 Å². The zero-order valence-electron chi connectivity index (χ0n) is 17.6. The first kappa shape index (κ1) is 23.2. The molecule has 160 valence electrons. The van der Waals surface area contributed by atoms with Gasteiger partial charge in [0.1, 0.15) is 12.6 Å². The molecule has 7 heteroatoms. The summed E-state index contributed by atoms with van der Waals surface area (Å²) in [6, 6.07) is 3.48. The Morgan fingerprint density at radius 1 is 1.31 bits per heavy atom. The van der Waals surface area contributed by atoms with Crippen molar-refractivity contribution >= 4 is 23.7 Å². The summed E-state index contributed by atoms with van der Waals surface area (Å²) in [6.07, 6.45) is -0.277. The van der Waals surface area contributed by atoms with Gasteiger partial charge in [0.2, 0.25) is 0 Å². The van der Waals surface area contributed by atoms with Crippen LogP contribution in [0.2, 0.25) is 5.02 Å². The van der Waals surface area contributed by atoms with Crippen molar-refractivity contribution in [2.24, 2.45) is 11.3 Å². The summed E-state index contributed by atoms with van der Waals surface area (Å²) >= 11 is 6.21. The van der Waals surface area contributed by atoms with Crippen LogP contribution < -0.4 is 0 Å². The zero-order valence-corrected chi connectivity index (χ0v) is 18.4. The van der Waals surface area contributed by atoms with Crippen LogP contribution in [0.25, 0.3) is 0 Å². The second kappa shape index (κ2) is 9.18. The Morgan fingerprint density at radius 3 is 2.52 bits per heavy atom. The molecule has 0 aliphatic carbocycles. The number of aliphatic hydroxyl groups excluding tert-OH is 1. The van der Waals surface area contributed by atoms with Gasteiger partial charge in [-0.15, -0.1) is 0 Å². The second-order valence-corrected chi connectivity index (χ2v) is 8.73. The predicted octanol–water partition coefficient (Wildman–Crippen LogP) is 4.28. The van der Waals surface area contributed by atoms with Crippen LogP contribution in [0.3, 0.4) is 0 Å². The summed E-state index contributed by atoms with van der Waals surface area (Å²) in [5, 5.41) is 11.8. The number of rotatable bonds is 5. The van der Waals surface area contributed by atoms with Crippen LogP contribution in [-0.4, -0.2) is 47.4 Å². The number of aliphatic hydroxyl groups is 1. The van der Waals surface area contributed by atoms with Gasteiger partial charge >= 0.3 is 12.1 Å². The summed E-state index contributed by atoms with van der Waals surface area (Å²) in [4.78, 5) is 27.3. The average molecular weight is 424 g/mol. The van der Waals surface area contributed by atoms with Crippen LogP contribution in [0.1, 0.15) is 44.9 Å². The summed E-state index contributed by atoms with van der Waals surface area (Å²) in [5.74, 6) is -1.13. The monoisotopic (exact) mass is 423 g/mol. The molecule has 1 aliphatic rings. The largest absolute Gasteiger partial charge is 0.464 e. The van der Waals surface area contributed by atoms with Crippen LogP contribution in [0, 0.1) is 18.3 Å². The molecule has 1 aliphatic heterocycles.